The number of morpholine rings is 1. The number of piperidine rings is 1. The van der Waals surface area contributed by atoms with Crippen LogP contribution in [-0.4, -0.2) is 60.8 Å². The van der Waals surface area contributed by atoms with E-state index < -0.39 is 0 Å². The third kappa shape index (κ3) is 3.58. The van der Waals surface area contributed by atoms with Crippen LogP contribution >= 0.6 is 0 Å². The number of pyridine rings is 1. The molecular weight excluding hydrogens is 387 g/mol. The molecular formula is C23H25BN6O. The molecule has 1 N–H and O–H groups in total. The van der Waals surface area contributed by atoms with Crippen LogP contribution in [0.15, 0.2) is 30.5 Å². The molecule has 3 aromatic rings. The fraction of sp³-hybridized carbons (Fsp3) is 0.435. The lowest BCUT2D eigenvalue weighted by Crippen LogP contribution is -2.58. The fourth-order valence-electron chi connectivity index (χ4n) is 4.80. The van der Waals surface area contributed by atoms with Gasteiger partial charge in [-0.15, -0.1) is 0 Å². The Bertz CT molecular complexity index is 1150. The molecule has 1 aromatic carbocycles. The van der Waals surface area contributed by atoms with Crippen molar-refractivity contribution in [1.29, 1.82) is 5.26 Å². The first kappa shape index (κ1) is 20.0. The lowest BCUT2D eigenvalue weighted by Gasteiger charge is -2.42. The summed E-state index contributed by atoms with van der Waals surface area (Å²) in [7, 11) is 6.49. The Balaban J connectivity index is 1.60. The third-order valence-corrected chi connectivity index (χ3v) is 6.34. The standard InChI is InChI=1S/C23H25BN6O/c1-14-9-17(24)22-19(10-14)28-23(29-7-5-21-20(13-29)26-6-8-31-21)30(22)15(2)18-4-3-16(11-25)12-27-18/h3-4,9-10,12,15,20-21,26H,5-8,13H2,1-2H3/t15?,20?,21-/m0/s1. The van der Waals surface area contributed by atoms with E-state index in [9.17, 15) is 0 Å². The number of nitrogens with one attached hydrogen (secondary N) is 1. The maximum atomic E-state index is 9.12. The highest BCUT2D eigenvalue weighted by molar-refractivity contribution is 6.38. The van der Waals surface area contributed by atoms with Crippen LogP contribution in [0.1, 0.15) is 36.2 Å². The summed E-state index contributed by atoms with van der Waals surface area (Å²) in [4.78, 5) is 11.9. The van der Waals surface area contributed by atoms with Crippen LogP contribution in [0, 0.1) is 18.3 Å². The smallest absolute Gasteiger partial charge is 0.207 e. The maximum absolute atomic E-state index is 9.12. The van der Waals surface area contributed by atoms with E-state index in [1.54, 1.807) is 12.3 Å². The van der Waals surface area contributed by atoms with Gasteiger partial charge in [0.15, 0.2) is 0 Å². The normalized spacial score (nSPS) is 22.2. The highest BCUT2D eigenvalue weighted by atomic mass is 16.5. The molecule has 0 aliphatic carbocycles. The third-order valence-electron chi connectivity index (χ3n) is 6.34. The van der Waals surface area contributed by atoms with Crippen LogP contribution in [0.5, 0.6) is 0 Å². The molecule has 4 heterocycles. The van der Waals surface area contributed by atoms with Gasteiger partial charge in [-0.3, -0.25) is 4.98 Å². The predicted octanol–water partition coefficient (Wildman–Crippen LogP) is 1.58. The van der Waals surface area contributed by atoms with E-state index in [0.717, 1.165) is 60.9 Å². The van der Waals surface area contributed by atoms with Gasteiger partial charge in [-0.25, -0.2) is 4.98 Å². The number of nitriles is 1. The van der Waals surface area contributed by atoms with Gasteiger partial charge in [0, 0.05) is 25.8 Å². The number of aryl methyl sites for hydroxylation is 1. The monoisotopic (exact) mass is 412 g/mol. The van der Waals surface area contributed by atoms with Crippen molar-refractivity contribution in [3.05, 3.63) is 47.3 Å². The van der Waals surface area contributed by atoms with Crippen LogP contribution in [0.2, 0.25) is 0 Å². The largest absolute Gasteiger partial charge is 0.375 e. The minimum Gasteiger partial charge on any atom is -0.375 e. The molecule has 2 aromatic heterocycles. The SMILES string of the molecule is [B]c1cc(C)cc2nc(N3CC[C@@H]4OCCNC4C3)n(C(C)c3ccc(C#N)cn3)c12. The van der Waals surface area contributed by atoms with Crippen molar-refractivity contribution >= 4 is 30.3 Å². The number of hydrogen-bond donors (Lipinski definition) is 1. The average molecular weight is 412 g/mol. The summed E-state index contributed by atoms with van der Waals surface area (Å²) < 4.78 is 8.15. The lowest BCUT2D eigenvalue weighted by atomic mass is 9.92. The minimum atomic E-state index is -0.0916. The molecule has 2 unspecified atom stereocenters. The Morgan fingerprint density at radius 2 is 2.23 bits per heavy atom. The molecule has 2 aliphatic heterocycles. The quantitative estimate of drug-likeness (QED) is 0.659. The average Bonchev–Trinajstić information content (AvgIpc) is 3.18. The molecule has 5 rings (SSSR count). The summed E-state index contributed by atoms with van der Waals surface area (Å²) in [6.07, 6.45) is 2.83. The minimum absolute atomic E-state index is 0.0916. The van der Waals surface area contributed by atoms with Gasteiger partial charge in [0.1, 0.15) is 13.9 Å². The first-order valence-electron chi connectivity index (χ1n) is 10.8. The van der Waals surface area contributed by atoms with E-state index in [4.69, 9.17) is 22.8 Å². The zero-order valence-electron chi connectivity index (χ0n) is 17.9. The second-order valence-electron chi connectivity index (χ2n) is 8.47. The van der Waals surface area contributed by atoms with Gasteiger partial charge in [0.2, 0.25) is 5.95 Å². The zero-order chi connectivity index (χ0) is 21.5. The van der Waals surface area contributed by atoms with Crippen molar-refractivity contribution in [3.63, 3.8) is 0 Å². The Morgan fingerprint density at radius 3 is 3.00 bits per heavy atom. The van der Waals surface area contributed by atoms with Gasteiger partial charge in [-0.05, 0) is 44.0 Å². The van der Waals surface area contributed by atoms with Gasteiger partial charge in [0.05, 0.1) is 47.1 Å². The summed E-state index contributed by atoms with van der Waals surface area (Å²) in [6, 6.07) is 10.1. The number of ether oxygens (including phenoxy) is 1. The molecule has 0 spiro atoms. The number of aromatic nitrogens is 3. The van der Waals surface area contributed by atoms with Crippen LogP contribution in [-0.2, 0) is 4.74 Å². The van der Waals surface area contributed by atoms with Gasteiger partial charge in [-0.2, -0.15) is 5.26 Å². The summed E-state index contributed by atoms with van der Waals surface area (Å²) in [5, 5.41) is 12.7. The second kappa shape index (κ2) is 7.99. The highest BCUT2D eigenvalue weighted by Crippen LogP contribution is 2.31. The van der Waals surface area contributed by atoms with Crippen LogP contribution in [0.4, 0.5) is 5.95 Å². The van der Waals surface area contributed by atoms with E-state index in [-0.39, 0.29) is 18.2 Å². The fourth-order valence-corrected chi connectivity index (χ4v) is 4.80. The summed E-state index contributed by atoms with van der Waals surface area (Å²) >= 11 is 0. The van der Waals surface area contributed by atoms with E-state index in [1.165, 1.54) is 0 Å². The number of imidazole rings is 1. The summed E-state index contributed by atoms with van der Waals surface area (Å²) in [6.45, 7) is 7.50. The lowest BCUT2D eigenvalue weighted by molar-refractivity contribution is -0.0137. The molecule has 3 atom stereocenters. The van der Waals surface area contributed by atoms with E-state index in [0.29, 0.717) is 11.0 Å². The van der Waals surface area contributed by atoms with Crippen molar-refractivity contribution in [3.8, 4) is 6.07 Å². The van der Waals surface area contributed by atoms with Gasteiger partial charge in [-0.1, -0.05) is 11.5 Å². The van der Waals surface area contributed by atoms with Crippen LogP contribution < -0.4 is 15.7 Å². The molecule has 31 heavy (non-hydrogen) atoms. The van der Waals surface area contributed by atoms with Crippen molar-refractivity contribution in [2.45, 2.75) is 38.5 Å². The Hall–Kier alpha value is -2.89. The Kier molecular flexibility index (Phi) is 5.16. The first-order chi connectivity index (χ1) is 15.0. The molecule has 2 fully saturated rings. The van der Waals surface area contributed by atoms with Crippen molar-refractivity contribution < 1.29 is 4.74 Å². The number of fused-ring (bicyclic) bond motifs is 2. The molecule has 0 saturated carbocycles. The van der Waals surface area contributed by atoms with Crippen LogP contribution in [0.3, 0.4) is 0 Å². The van der Waals surface area contributed by atoms with Gasteiger partial charge in [0.25, 0.3) is 0 Å². The first-order valence-corrected chi connectivity index (χ1v) is 10.8. The molecule has 7 nitrogen and oxygen atoms in total. The Labute approximate surface area is 183 Å². The van der Waals surface area contributed by atoms with E-state index in [1.807, 2.05) is 19.1 Å². The molecule has 156 valence electrons. The predicted molar refractivity (Wildman–Crippen MR) is 121 cm³/mol. The van der Waals surface area contributed by atoms with E-state index in [2.05, 4.69) is 38.8 Å². The van der Waals surface area contributed by atoms with Gasteiger partial charge < -0.3 is 19.5 Å². The number of rotatable bonds is 3. The summed E-state index contributed by atoms with van der Waals surface area (Å²) in [5.41, 5.74) is 5.03. The van der Waals surface area contributed by atoms with E-state index >= 15 is 0 Å². The second-order valence-corrected chi connectivity index (χ2v) is 8.47. The summed E-state index contributed by atoms with van der Waals surface area (Å²) in [5.74, 6) is 0.900. The van der Waals surface area contributed by atoms with Gasteiger partial charge >= 0.3 is 0 Å². The van der Waals surface area contributed by atoms with Crippen molar-refractivity contribution in [2.24, 2.45) is 0 Å². The molecule has 2 radical (unpaired) electrons. The molecule has 2 saturated heterocycles. The number of anilines is 1. The van der Waals surface area contributed by atoms with Crippen molar-refractivity contribution in [2.75, 3.05) is 31.1 Å². The topological polar surface area (TPSA) is 79.0 Å². The maximum Gasteiger partial charge on any atom is 0.207 e. The molecule has 0 bridgehead atoms. The number of hydrogen-bond acceptors (Lipinski definition) is 6. The molecule has 0 amide bonds. The zero-order valence-corrected chi connectivity index (χ0v) is 17.9. The van der Waals surface area contributed by atoms with Crippen LogP contribution in [0.25, 0.3) is 11.0 Å². The van der Waals surface area contributed by atoms with Crippen molar-refractivity contribution in [1.82, 2.24) is 19.9 Å². The Morgan fingerprint density at radius 1 is 1.35 bits per heavy atom. The number of nitrogens with zero attached hydrogens (tertiary/aromatic N) is 5. The highest BCUT2D eigenvalue weighted by Gasteiger charge is 2.34. The molecule has 8 heteroatoms. The number of benzene rings is 1. The molecule has 2 aliphatic rings.